The molecule has 0 saturated carbocycles. The molecule has 0 atom stereocenters. The van der Waals surface area contributed by atoms with E-state index in [0.29, 0.717) is 10.9 Å². The fourth-order valence-corrected chi connectivity index (χ4v) is 2.02. The summed E-state index contributed by atoms with van der Waals surface area (Å²) in [6, 6.07) is 8.15. The first-order valence-corrected chi connectivity index (χ1v) is 5.07. The minimum Gasteiger partial charge on any atom is -0.382 e. The van der Waals surface area contributed by atoms with Crippen molar-refractivity contribution in [2.45, 2.75) is 6.92 Å². The lowest BCUT2D eigenvalue weighted by Crippen LogP contribution is -1.88. The Morgan fingerprint density at radius 2 is 1.79 bits per heavy atom. The van der Waals surface area contributed by atoms with E-state index in [1.54, 1.807) is 0 Å². The second kappa shape index (κ2) is 3.31. The number of rotatable bonds is 1. The van der Waals surface area contributed by atoms with Crippen molar-refractivity contribution in [2.75, 3.05) is 11.5 Å². The van der Waals surface area contributed by atoms with E-state index >= 15 is 0 Å². The molecule has 1 aromatic carbocycles. The van der Waals surface area contributed by atoms with Crippen LogP contribution in [0.1, 0.15) is 5.56 Å². The lowest BCUT2D eigenvalue weighted by atomic mass is 10.1. The summed E-state index contributed by atoms with van der Waals surface area (Å²) >= 11 is 1.41. The lowest BCUT2D eigenvalue weighted by Gasteiger charge is -1.98. The lowest BCUT2D eigenvalue weighted by molar-refractivity contribution is 1.42. The molecule has 0 saturated heterocycles. The largest absolute Gasteiger partial charge is 0.382 e. The predicted octanol–water partition coefficient (Wildman–Crippen LogP) is 2.28. The van der Waals surface area contributed by atoms with Gasteiger partial charge in [-0.3, -0.25) is 0 Å². The molecule has 0 aliphatic carbocycles. The predicted molar refractivity (Wildman–Crippen MR) is 61.1 cm³/mol. The van der Waals surface area contributed by atoms with Crippen molar-refractivity contribution >= 4 is 22.3 Å². The Hall–Kier alpha value is -1.55. The Morgan fingerprint density at radius 3 is 2.29 bits per heavy atom. The number of aromatic nitrogens is 1. The highest BCUT2D eigenvalue weighted by Gasteiger charge is 2.07. The molecule has 14 heavy (non-hydrogen) atoms. The van der Waals surface area contributed by atoms with Crippen molar-refractivity contribution in [3.63, 3.8) is 0 Å². The maximum atomic E-state index is 5.73. The Bertz CT molecular complexity index is 445. The van der Waals surface area contributed by atoms with Crippen molar-refractivity contribution in [3.8, 4) is 10.4 Å². The van der Waals surface area contributed by atoms with Gasteiger partial charge in [-0.2, -0.15) is 0 Å². The molecule has 1 heterocycles. The zero-order valence-corrected chi connectivity index (χ0v) is 8.64. The summed E-state index contributed by atoms with van der Waals surface area (Å²) in [5.74, 6) is 0.511. The summed E-state index contributed by atoms with van der Waals surface area (Å²) in [6.07, 6.45) is 0. The Labute approximate surface area is 86.4 Å². The van der Waals surface area contributed by atoms with Crippen LogP contribution in [0.5, 0.6) is 0 Å². The van der Waals surface area contributed by atoms with Crippen LogP contribution in [0.4, 0.5) is 10.9 Å². The smallest absolute Gasteiger partial charge is 0.182 e. The highest BCUT2D eigenvalue weighted by Crippen LogP contribution is 2.33. The minimum atomic E-state index is 0.511. The van der Waals surface area contributed by atoms with E-state index in [2.05, 4.69) is 4.98 Å². The Balaban J connectivity index is 2.49. The highest BCUT2D eigenvalue weighted by atomic mass is 32.1. The second-order valence-corrected chi connectivity index (χ2v) is 4.16. The van der Waals surface area contributed by atoms with E-state index in [0.717, 1.165) is 10.4 Å². The van der Waals surface area contributed by atoms with E-state index < -0.39 is 0 Å². The fraction of sp³-hybridized carbons (Fsp3) is 0.100. The summed E-state index contributed by atoms with van der Waals surface area (Å²) in [4.78, 5) is 4.93. The van der Waals surface area contributed by atoms with E-state index in [4.69, 9.17) is 11.5 Å². The maximum Gasteiger partial charge on any atom is 0.182 e. The van der Waals surface area contributed by atoms with Crippen LogP contribution in [-0.4, -0.2) is 4.98 Å². The molecule has 0 spiro atoms. The normalized spacial score (nSPS) is 10.4. The molecule has 3 nitrogen and oxygen atoms in total. The van der Waals surface area contributed by atoms with Gasteiger partial charge in [0.15, 0.2) is 5.13 Å². The number of anilines is 2. The number of nitrogens with zero attached hydrogens (tertiary/aromatic N) is 1. The van der Waals surface area contributed by atoms with E-state index in [1.165, 1.54) is 16.9 Å². The second-order valence-electron chi connectivity index (χ2n) is 3.13. The van der Waals surface area contributed by atoms with Crippen LogP contribution in [-0.2, 0) is 0 Å². The molecule has 0 unspecified atom stereocenters. The molecule has 0 aliphatic rings. The van der Waals surface area contributed by atoms with Gasteiger partial charge in [0.25, 0.3) is 0 Å². The van der Waals surface area contributed by atoms with Crippen molar-refractivity contribution < 1.29 is 0 Å². The van der Waals surface area contributed by atoms with Crippen LogP contribution in [0.25, 0.3) is 10.4 Å². The van der Waals surface area contributed by atoms with Crippen LogP contribution in [0.3, 0.4) is 0 Å². The van der Waals surface area contributed by atoms with Gasteiger partial charge in [0.2, 0.25) is 0 Å². The van der Waals surface area contributed by atoms with Crippen molar-refractivity contribution in [1.29, 1.82) is 0 Å². The van der Waals surface area contributed by atoms with Crippen LogP contribution in [0, 0.1) is 6.92 Å². The average Bonchev–Trinajstić information content (AvgIpc) is 2.47. The molecule has 4 N–H and O–H groups in total. The quantitative estimate of drug-likeness (QED) is 0.750. The van der Waals surface area contributed by atoms with Gasteiger partial charge < -0.3 is 11.5 Å². The van der Waals surface area contributed by atoms with Gasteiger partial charge in [0, 0.05) is 0 Å². The molecule has 0 radical (unpaired) electrons. The molecule has 0 bridgehead atoms. The first-order valence-electron chi connectivity index (χ1n) is 4.25. The summed E-state index contributed by atoms with van der Waals surface area (Å²) in [5.41, 5.74) is 13.6. The summed E-state index contributed by atoms with van der Waals surface area (Å²) in [5, 5.41) is 0.512. The third kappa shape index (κ3) is 1.56. The van der Waals surface area contributed by atoms with Crippen LogP contribution in [0.15, 0.2) is 24.3 Å². The molecule has 0 aliphatic heterocycles. The minimum absolute atomic E-state index is 0.511. The zero-order valence-electron chi connectivity index (χ0n) is 7.82. The number of thiazole rings is 1. The Morgan fingerprint density at radius 1 is 1.14 bits per heavy atom. The van der Waals surface area contributed by atoms with Gasteiger partial charge in [0.05, 0.1) is 4.88 Å². The Kier molecular flexibility index (Phi) is 2.13. The molecule has 0 amide bonds. The van der Waals surface area contributed by atoms with Crippen molar-refractivity contribution in [3.05, 3.63) is 29.8 Å². The van der Waals surface area contributed by atoms with Gasteiger partial charge in [-0.25, -0.2) is 4.98 Å². The number of nitrogen functional groups attached to an aromatic ring is 2. The van der Waals surface area contributed by atoms with Crippen molar-refractivity contribution in [1.82, 2.24) is 4.98 Å². The topological polar surface area (TPSA) is 64.9 Å². The molecule has 2 aromatic rings. The monoisotopic (exact) mass is 205 g/mol. The number of aryl methyl sites for hydroxylation is 1. The number of nitrogens with two attached hydrogens (primary N) is 2. The van der Waals surface area contributed by atoms with Gasteiger partial charge in [-0.15, -0.1) is 0 Å². The molecule has 72 valence electrons. The number of benzene rings is 1. The third-order valence-electron chi connectivity index (χ3n) is 1.98. The van der Waals surface area contributed by atoms with Gasteiger partial charge >= 0.3 is 0 Å². The summed E-state index contributed by atoms with van der Waals surface area (Å²) in [7, 11) is 0. The van der Waals surface area contributed by atoms with Gasteiger partial charge in [0.1, 0.15) is 5.82 Å². The maximum absolute atomic E-state index is 5.73. The van der Waals surface area contributed by atoms with E-state index in [1.807, 2.05) is 31.2 Å². The highest BCUT2D eigenvalue weighted by molar-refractivity contribution is 7.19. The van der Waals surface area contributed by atoms with Gasteiger partial charge in [-0.1, -0.05) is 41.2 Å². The molecular weight excluding hydrogens is 194 g/mol. The number of hydrogen-bond donors (Lipinski definition) is 2. The SMILES string of the molecule is Cc1ccc(-c2sc(N)nc2N)cc1. The van der Waals surface area contributed by atoms with E-state index in [-0.39, 0.29) is 0 Å². The molecule has 1 aromatic heterocycles. The van der Waals surface area contributed by atoms with Crippen LogP contribution < -0.4 is 11.5 Å². The standard InChI is InChI=1S/C10H11N3S/c1-6-2-4-7(5-3-6)8-9(11)13-10(12)14-8/h2-5H,11H2,1H3,(H2,12,13). The average molecular weight is 205 g/mol. The number of hydrogen-bond acceptors (Lipinski definition) is 4. The zero-order chi connectivity index (χ0) is 10.1. The summed E-state index contributed by atoms with van der Waals surface area (Å²) < 4.78 is 0. The molecule has 2 rings (SSSR count). The van der Waals surface area contributed by atoms with Crippen molar-refractivity contribution in [2.24, 2.45) is 0 Å². The molecular formula is C10H11N3S. The molecule has 0 fully saturated rings. The third-order valence-corrected chi connectivity index (χ3v) is 2.93. The first-order chi connectivity index (χ1) is 6.66. The fourth-order valence-electron chi connectivity index (χ4n) is 1.26. The van der Waals surface area contributed by atoms with Crippen LogP contribution >= 0.6 is 11.3 Å². The first kappa shape index (κ1) is 9.02. The van der Waals surface area contributed by atoms with E-state index in [9.17, 15) is 0 Å². The van der Waals surface area contributed by atoms with Crippen LogP contribution in [0.2, 0.25) is 0 Å². The summed E-state index contributed by atoms with van der Waals surface area (Å²) in [6.45, 7) is 2.05. The molecule has 4 heteroatoms. The van der Waals surface area contributed by atoms with Gasteiger partial charge in [-0.05, 0) is 12.5 Å².